The molecular formula is C14H18O5. The average Bonchev–Trinajstić information content (AvgIpc) is 3.24. The van der Waals surface area contributed by atoms with Crippen LogP contribution in [0.3, 0.4) is 0 Å². The Morgan fingerprint density at radius 1 is 1.00 bits per heavy atom. The lowest BCUT2D eigenvalue weighted by molar-refractivity contribution is -0.141. The summed E-state index contributed by atoms with van der Waals surface area (Å²) >= 11 is 0. The second-order valence-corrected chi connectivity index (χ2v) is 4.53. The minimum absolute atomic E-state index is 0.177. The number of carbonyl (C=O) groups excluding carboxylic acids is 2. The first-order chi connectivity index (χ1) is 9.17. The Bertz CT molecular complexity index is 366. The number of hydrogen-bond donors (Lipinski definition) is 0. The van der Waals surface area contributed by atoms with Gasteiger partial charge in [-0.1, -0.05) is 12.2 Å². The summed E-state index contributed by atoms with van der Waals surface area (Å²) in [6.45, 7) is 4.50. The average molecular weight is 266 g/mol. The molecule has 2 fully saturated rings. The number of allylic oxidation sites excluding steroid dienone is 2. The van der Waals surface area contributed by atoms with Crippen LogP contribution in [-0.2, 0) is 23.8 Å². The monoisotopic (exact) mass is 266 g/mol. The van der Waals surface area contributed by atoms with Gasteiger partial charge in [-0.25, -0.2) is 0 Å². The third-order valence-corrected chi connectivity index (χ3v) is 2.91. The molecule has 2 heterocycles. The molecule has 0 aromatic heterocycles. The molecule has 0 radical (unpaired) electrons. The Kier molecular flexibility index (Phi) is 4.63. The number of ketones is 2. The summed E-state index contributed by atoms with van der Waals surface area (Å²) in [5.41, 5.74) is 0. The summed E-state index contributed by atoms with van der Waals surface area (Å²) in [4.78, 5) is 23.8. The molecule has 0 N–H and O–H groups in total. The summed E-state index contributed by atoms with van der Waals surface area (Å²) in [5.74, 6) is -0.354. The van der Waals surface area contributed by atoms with Crippen molar-refractivity contribution in [2.75, 3.05) is 13.2 Å². The molecule has 5 heteroatoms. The molecule has 0 spiro atoms. The molecule has 5 nitrogen and oxygen atoms in total. The van der Waals surface area contributed by atoms with Gasteiger partial charge in [0.25, 0.3) is 0 Å². The van der Waals surface area contributed by atoms with Crippen LogP contribution in [0.25, 0.3) is 0 Å². The van der Waals surface area contributed by atoms with Crippen LogP contribution in [0.2, 0.25) is 0 Å². The summed E-state index contributed by atoms with van der Waals surface area (Å²) < 4.78 is 15.9. The highest BCUT2D eigenvalue weighted by atomic mass is 16.6. The molecule has 0 bridgehead atoms. The maximum Gasteiger partial charge on any atom is 0.186 e. The molecule has 2 aliphatic heterocycles. The van der Waals surface area contributed by atoms with Crippen LogP contribution in [-0.4, -0.2) is 49.2 Å². The normalized spacial score (nSPS) is 28.5. The van der Waals surface area contributed by atoms with Crippen LogP contribution in [0.4, 0.5) is 0 Å². The standard InChI is InChI=1S/C14H18O5/c1-3-5-9(15)13(11-7-17-11)19-14(12-8-18-12)10(16)6-4-2/h3-6,11-14H,7-8H2,1-2H3. The second kappa shape index (κ2) is 6.23. The molecule has 104 valence electrons. The van der Waals surface area contributed by atoms with E-state index in [1.807, 2.05) is 0 Å². The summed E-state index contributed by atoms with van der Waals surface area (Å²) in [7, 11) is 0. The molecule has 0 aromatic carbocycles. The van der Waals surface area contributed by atoms with Gasteiger partial charge in [0.2, 0.25) is 0 Å². The van der Waals surface area contributed by atoms with Crippen LogP contribution in [0, 0.1) is 0 Å². The van der Waals surface area contributed by atoms with Crippen molar-refractivity contribution < 1.29 is 23.8 Å². The Hall–Kier alpha value is -1.30. The van der Waals surface area contributed by atoms with Gasteiger partial charge in [-0.2, -0.15) is 0 Å². The Morgan fingerprint density at radius 2 is 1.37 bits per heavy atom. The van der Waals surface area contributed by atoms with Crippen molar-refractivity contribution in [3.8, 4) is 0 Å². The first-order valence-electron chi connectivity index (χ1n) is 6.39. The molecular weight excluding hydrogens is 248 g/mol. The molecule has 0 aromatic rings. The van der Waals surface area contributed by atoms with Crippen molar-refractivity contribution in [3.05, 3.63) is 24.3 Å². The zero-order valence-electron chi connectivity index (χ0n) is 11.1. The third-order valence-electron chi connectivity index (χ3n) is 2.91. The summed E-state index contributed by atoms with van der Waals surface area (Å²) in [5, 5.41) is 0. The van der Waals surface area contributed by atoms with Gasteiger partial charge in [0.05, 0.1) is 13.2 Å². The summed E-state index contributed by atoms with van der Waals surface area (Å²) in [6, 6.07) is 0. The smallest absolute Gasteiger partial charge is 0.186 e. The molecule has 4 atom stereocenters. The van der Waals surface area contributed by atoms with Crippen LogP contribution in [0.15, 0.2) is 24.3 Å². The molecule has 4 unspecified atom stereocenters. The van der Waals surface area contributed by atoms with Gasteiger partial charge in [-0.3, -0.25) is 9.59 Å². The lowest BCUT2D eigenvalue weighted by Gasteiger charge is -2.19. The van der Waals surface area contributed by atoms with Crippen molar-refractivity contribution in [1.82, 2.24) is 0 Å². The quantitative estimate of drug-likeness (QED) is 0.481. The molecule has 0 aliphatic carbocycles. The maximum absolute atomic E-state index is 11.9. The van der Waals surface area contributed by atoms with Crippen molar-refractivity contribution in [1.29, 1.82) is 0 Å². The van der Waals surface area contributed by atoms with Crippen molar-refractivity contribution >= 4 is 11.6 Å². The largest absolute Gasteiger partial charge is 0.370 e. The summed E-state index contributed by atoms with van der Waals surface area (Å²) in [6.07, 6.45) is 4.25. The second-order valence-electron chi connectivity index (χ2n) is 4.53. The van der Waals surface area contributed by atoms with E-state index in [9.17, 15) is 9.59 Å². The predicted octanol–water partition coefficient (Wildman–Crippen LogP) is 0.828. The number of hydrogen-bond acceptors (Lipinski definition) is 5. The SMILES string of the molecule is CC=CC(=O)C(OC(C(=O)C=CC)C1CO1)C1CO1. The highest BCUT2D eigenvalue weighted by Gasteiger charge is 2.45. The minimum atomic E-state index is -0.723. The van der Waals surface area contributed by atoms with Gasteiger partial charge in [0, 0.05) is 0 Å². The van der Waals surface area contributed by atoms with Crippen molar-refractivity contribution in [2.24, 2.45) is 0 Å². The Morgan fingerprint density at radius 3 is 1.63 bits per heavy atom. The number of epoxide rings is 2. The zero-order chi connectivity index (χ0) is 13.8. The van der Waals surface area contributed by atoms with E-state index in [0.29, 0.717) is 13.2 Å². The van der Waals surface area contributed by atoms with E-state index >= 15 is 0 Å². The van der Waals surface area contributed by atoms with Crippen molar-refractivity contribution in [2.45, 2.75) is 38.3 Å². The van der Waals surface area contributed by atoms with Crippen molar-refractivity contribution in [3.63, 3.8) is 0 Å². The maximum atomic E-state index is 11.9. The Labute approximate surface area is 112 Å². The number of rotatable bonds is 8. The fourth-order valence-electron chi connectivity index (χ4n) is 1.81. The lowest BCUT2D eigenvalue weighted by atomic mass is 10.1. The Balaban J connectivity index is 2.04. The predicted molar refractivity (Wildman–Crippen MR) is 67.8 cm³/mol. The molecule has 0 saturated carbocycles. The van der Waals surface area contributed by atoms with Gasteiger partial charge in [-0.15, -0.1) is 0 Å². The molecule has 19 heavy (non-hydrogen) atoms. The minimum Gasteiger partial charge on any atom is -0.370 e. The number of carbonyl (C=O) groups is 2. The first kappa shape index (κ1) is 14.1. The van der Waals surface area contributed by atoms with Gasteiger partial charge >= 0.3 is 0 Å². The van der Waals surface area contributed by atoms with E-state index < -0.39 is 12.2 Å². The topological polar surface area (TPSA) is 68.4 Å². The van der Waals surface area contributed by atoms with Gasteiger partial charge in [0.15, 0.2) is 11.6 Å². The third kappa shape index (κ3) is 3.83. The van der Waals surface area contributed by atoms with E-state index in [1.54, 1.807) is 26.0 Å². The number of ether oxygens (including phenoxy) is 3. The highest BCUT2D eigenvalue weighted by Crippen LogP contribution is 2.25. The van der Waals surface area contributed by atoms with Crippen LogP contribution < -0.4 is 0 Å². The molecule has 2 rings (SSSR count). The fraction of sp³-hybridized carbons (Fsp3) is 0.571. The molecule has 0 amide bonds. The van der Waals surface area contributed by atoms with E-state index in [2.05, 4.69) is 0 Å². The van der Waals surface area contributed by atoms with Gasteiger partial charge in [-0.05, 0) is 26.0 Å². The first-order valence-corrected chi connectivity index (χ1v) is 6.39. The van der Waals surface area contributed by atoms with E-state index in [-0.39, 0.29) is 23.8 Å². The van der Waals surface area contributed by atoms with E-state index in [0.717, 1.165) is 0 Å². The van der Waals surface area contributed by atoms with Crippen LogP contribution in [0.5, 0.6) is 0 Å². The van der Waals surface area contributed by atoms with Crippen LogP contribution >= 0.6 is 0 Å². The molecule has 2 aliphatic rings. The van der Waals surface area contributed by atoms with Crippen LogP contribution in [0.1, 0.15) is 13.8 Å². The van der Waals surface area contributed by atoms with E-state index in [4.69, 9.17) is 14.2 Å². The highest BCUT2D eigenvalue weighted by molar-refractivity contribution is 5.96. The van der Waals surface area contributed by atoms with Gasteiger partial charge in [0.1, 0.15) is 24.4 Å². The fourth-order valence-corrected chi connectivity index (χ4v) is 1.81. The zero-order valence-corrected chi connectivity index (χ0v) is 11.1. The van der Waals surface area contributed by atoms with E-state index in [1.165, 1.54) is 12.2 Å². The lowest BCUT2D eigenvalue weighted by Crippen LogP contribution is -2.39. The molecule has 2 saturated heterocycles. The van der Waals surface area contributed by atoms with Gasteiger partial charge < -0.3 is 14.2 Å².